The van der Waals surface area contributed by atoms with Gasteiger partial charge in [-0.2, -0.15) is 0 Å². The molecule has 0 saturated carbocycles. The van der Waals surface area contributed by atoms with Crippen LogP contribution >= 0.6 is 12.2 Å². The van der Waals surface area contributed by atoms with Crippen molar-refractivity contribution in [2.24, 2.45) is 0 Å². The van der Waals surface area contributed by atoms with Gasteiger partial charge in [-0.05, 0) is 41.2 Å². The molecule has 0 aliphatic carbocycles. The summed E-state index contributed by atoms with van der Waals surface area (Å²) in [6, 6.07) is 21.3. The standard InChI is InChI=1S/C18H16N2OS/c21-17-11-10-13-6-4-5-9-15(13)16(17)12-19-18(22)20-14-7-2-1-3-8-14/h1-11,21H,12H2,(H2,19,20,22). The third kappa shape index (κ3) is 3.18. The molecule has 0 aliphatic heterocycles. The zero-order chi connectivity index (χ0) is 15.4. The highest BCUT2D eigenvalue weighted by atomic mass is 32.1. The van der Waals surface area contributed by atoms with Gasteiger partial charge in [0.15, 0.2) is 5.11 Å². The molecular weight excluding hydrogens is 292 g/mol. The van der Waals surface area contributed by atoms with Crippen LogP contribution in [0.1, 0.15) is 5.56 Å². The summed E-state index contributed by atoms with van der Waals surface area (Å²) in [6.07, 6.45) is 0. The number of benzene rings is 3. The van der Waals surface area contributed by atoms with Crippen LogP contribution < -0.4 is 10.6 Å². The first-order valence-corrected chi connectivity index (χ1v) is 7.44. The molecule has 3 nitrogen and oxygen atoms in total. The van der Waals surface area contributed by atoms with Gasteiger partial charge in [0.2, 0.25) is 0 Å². The largest absolute Gasteiger partial charge is 0.508 e. The highest BCUT2D eigenvalue weighted by Gasteiger charge is 2.07. The molecule has 3 rings (SSSR count). The SMILES string of the molecule is Oc1ccc2ccccc2c1CNC(=S)Nc1ccccc1. The van der Waals surface area contributed by atoms with Gasteiger partial charge in [0.05, 0.1) is 0 Å². The van der Waals surface area contributed by atoms with Gasteiger partial charge in [-0.15, -0.1) is 0 Å². The van der Waals surface area contributed by atoms with Crippen molar-refractivity contribution in [3.63, 3.8) is 0 Å². The Morgan fingerprint density at radius 2 is 1.64 bits per heavy atom. The van der Waals surface area contributed by atoms with Crippen molar-refractivity contribution in [1.29, 1.82) is 0 Å². The molecule has 0 bridgehead atoms. The van der Waals surface area contributed by atoms with E-state index in [1.54, 1.807) is 6.07 Å². The molecule has 3 N–H and O–H groups in total. The van der Waals surface area contributed by atoms with Crippen LogP contribution in [0.3, 0.4) is 0 Å². The quantitative estimate of drug-likeness (QED) is 0.639. The van der Waals surface area contributed by atoms with Crippen molar-refractivity contribution in [2.45, 2.75) is 6.54 Å². The Hall–Kier alpha value is -2.59. The fourth-order valence-electron chi connectivity index (χ4n) is 2.38. The molecule has 0 unspecified atom stereocenters. The number of nitrogens with one attached hydrogen (secondary N) is 2. The number of hydrogen-bond donors (Lipinski definition) is 3. The predicted molar refractivity (Wildman–Crippen MR) is 95.1 cm³/mol. The lowest BCUT2D eigenvalue weighted by Gasteiger charge is -2.13. The van der Waals surface area contributed by atoms with E-state index in [0.717, 1.165) is 22.0 Å². The molecule has 0 fully saturated rings. The third-order valence-electron chi connectivity index (χ3n) is 3.47. The number of thiocarbonyl (C=S) groups is 1. The fourth-order valence-corrected chi connectivity index (χ4v) is 2.57. The second-order valence-corrected chi connectivity index (χ2v) is 5.37. The third-order valence-corrected chi connectivity index (χ3v) is 3.72. The van der Waals surface area contributed by atoms with Crippen LogP contribution in [0.2, 0.25) is 0 Å². The number of anilines is 1. The van der Waals surface area contributed by atoms with Crippen molar-refractivity contribution in [1.82, 2.24) is 5.32 Å². The zero-order valence-electron chi connectivity index (χ0n) is 11.9. The van der Waals surface area contributed by atoms with Crippen LogP contribution in [0.4, 0.5) is 5.69 Å². The van der Waals surface area contributed by atoms with Crippen molar-refractivity contribution >= 4 is 33.8 Å². The Labute approximate surface area is 134 Å². The Morgan fingerprint density at radius 1 is 0.909 bits per heavy atom. The molecule has 22 heavy (non-hydrogen) atoms. The zero-order valence-corrected chi connectivity index (χ0v) is 12.7. The fraction of sp³-hybridized carbons (Fsp3) is 0.0556. The summed E-state index contributed by atoms with van der Waals surface area (Å²) in [5, 5.41) is 19.0. The molecule has 0 saturated heterocycles. The lowest BCUT2D eigenvalue weighted by Crippen LogP contribution is -2.27. The summed E-state index contributed by atoms with van der Waals surface area (Å²) >= 11 is 5.30. The number of aromatic hydroxyl groups is 1. The Kier molecular flexibility index (Phi) is 4.21. The summed E-state index contributed by atoms with van der Waals surface area (Å²) in [5.41, 5.74) is 1.78. The average molecular weight is 308 g/mol. The van der Waals surface area contributed by atoms with Crippen molar-refractivity contribution in [3.05, 3.63) is 72.3 Å². The molecule has 0 radical (unpaired) electrons. The highest BCUT2D eigenvalue weighted by molar-refractivity contribution is 7.80. The maximum Gasteiger partial charge on any atom is 0.171 e. The maximum atomic E-state index is 10.1. The van der Waals surface area contributed by atoms with Gasteiger partial charge >= 0.3 is 0 Å². The summed E-state index contributed by atoms with van der Waals surface area (Å²) < 4.78 is 0. The summed E-state index contributed by atoms with van der Waals surface area (Å²) in [7, 11) is 0. The first-order chi connectivity index (χ1) is 10.7. The number of rotatable bonds is 3. The van der Waals surface area contributed by atoms with Crippen LogP contribution in [0.25, 0.3) is 10.8 Å². The number of phenols is 1. The molecule has 0 aliphatic rings. The minimum Gasteiger partial charge on any atom is -0.508 e. The maximum absolute atomic E-state index is 10.1. The molecule has 0 atom stereocenters. The van der Waals surface area contributed by atoms with E-state index in [-0.39, 0.29) is 5.75 Å². The Bertz CT molecular complexity index is 803. The van der Waals surface area contributed by atoms with Gasteiger partial charge in [0.1, 0.15) is 5.75 Å². The molecule has 0 aromatic heterocycles. The summed E-state index contributed by atoms with van der Waals surface area (Å²) in [4.78, 5) is 0. The topological polar surface area (TPSA) is 44.3 Å². The number of para-hydroxylation sites is 1. The second kappa shape index (κ2) is 6.45. The van der Waals surface area contributed by atoms with E-state index >= 15 is 0 Å². The van der Waals surface area contributed by atoms with Crippen LogP contribution in [0, 0.1) is 0 Å². The number of phenolic OH excluding ortho intramolecular Hbond substituents is 1. The van der Waals surface area contributed by atoms with Crippen molar-refractivity contribution in [3.8, 4) is 5.75 Å². The van der Waals surface area contributed by atoms with E-state index in [1.807, 2.05) is 60.7 Å². The normalized spacial score (nSPS) is 10.4. The summed E-state index contributed by atoms with van der Waals surface area (Å²) in [5.74, 6) is 0.272. The van der Waals surface area contributed by atoms with Gasteiger partial charge in [0, 0.05) is 17.8 Å². The molecular formula is C18H16N2OS. The van der Waals surface area contributed by atoms with Gasteiger partial charge < -0.3 is 15.7 Å². The number of fused-ring (bicyclic) bond motifs is 1. The molecule has 3 aromatic carbocycles. The molecule has 110 valence electrons. The minimum atomic E-state index is 0.272. The van der Waals surface area contributed by atoms with Crippen LogP contribution in [0.15, 0.2) is 66.7 Å². The molecule has 3 aromatic rings. The summed E-state index contributed by atoms with van der Waals surface area (Å²) in [6.45, 7) is 0.464. The Morgan fingerprint density at radius 3 is 2.45 bits per heavy atom. The highest BCUT2D eigenvalue weighted by Crippen LogP contribution is 2.26. The average Bonchev–Trinajstić information content (AvgIpc) is 2.55. The van der Waals surface area contributed by atoms with Gasteiger partial charge in [0.25, 0.3) is 0 Å². The van der Waals surface area contributed by atoms with Crippen LogP contribution in [-0.4, -0.2) is 10.2 Å². The lowest BCUT2D eigenvalue weighted by atomic mass is 10.0. The van der Waals surface area contributed by atoms with Gasteiger partial charge in [-0.25, -0.2) is 0 Å². The van der Waals surface area contributed by atoms with E-state index < -0.39 is 0 Å². The smallest absolute Gasteiger partial charge is 0.171 e. The molecule has 0 heterocycles. The monoisotopic (exact) mass is 308 g/mol. The second-order valence-electron chi connectivity index (χ2n) is 4.96. The molecule has 4 heteroatoms. The van der Waals surface area contributed by atoms with E-state index in [0.29, 0.717) is 11.7 Å². The van der Waals surface area contributed by atoms with Crippen LogP contribution in [0.5, 0.6) is 5.75 Å². The first-order valence-electron chi connectivity index (χ1n) is 7.03. The predicted octanol–water partition coefficient (Wildman–Crippen LogP) is 4.03. The lowest BCUT2D eigenvalue weighted by molar-refractivity contribution is 0.468. The Balaban J connectivity index is 1.74. The van der Waals surface area contributed by atoms with E-state index in [4.69, 9.17) is 12.2 Å². The van der Waals surface area contributed by atoms with Crippen LogP contribution in [-0.2, 0) is 6.54 Å². The van der Waals surface area contributed by atoms with Crippen molar-refractivity contribution < 1.29 is 5.11 Å². The molecule has 0 spiro atoms. The number of hydrogen-bond acceptors (Lipinski definition) is 2. The van der Waals surface area contributed by atoms with Gasteiger partial charge in [-0.3, -0.25) is 0 Å². The molecule has 0 amide bonds. The minimum absolute atomic E-state index is 0.272. The first kappa shape index (κ1) is 14.4. The van der Waals surface area contributed by atoms with Gasteiger partial charge in [-0.1, -0.05) is 48.5 Å². The van der Waals surface area contributed by atoms with E-state index in [9.17, 15) is 5.11 Å². The van der Waals surface area contributed by atoms with E-state index in [1.165, 1.54) is 0 Å². The van der Waals surface area contributed by atoms with E-state index in [2.05, 4.69) is 10.6 Å². The van der Waals surface area contributed by atoms with Crippen molar-refractivity contribution in [2.75, 3.05) is 5.32 Å².